The van der Waals surface area contributed by atoms with E-state index in [1.807, 2.05) is 109 Å². The average molecular weight is 631 g/mol. The fraction of sp³-hybridized carbons (Fsp3) is 0.259. The summed E-state index contributed by atoms with van der Waals surface area (Å²) in [6.45, 7) is 17.5. The van der Waals surface area contributed by atoms with Gasteiger partial charge in [0.05, 0.1) is 5.70 Å². The predicted octanol–water partition coefficient (Wildman–Crippen LogP) is 0.801. The minimum absolute atomic E-state index is 0. The van der Waals surface area contributed by atoms with Crippen molar-refractivity contribution in [3.05, 3.63) is 103 Å². The summed E-state index contributed by atoms with van der Waals surface area (Å²) in [5, 5.41) is 12.1. The first-order valence-electron chi connectivity index (χ1n) is 11.1. The van der Waals surface area contributed by atoms with E-state index in [4.69, 9.17) is 0 Å². The van der Waals surface area contributed by atoms with Gasteiger partial charge in [0, 0.05) is 25.5 Å². The Morgan fingerprint density at radius 1 is 0.722 bits per heavy atom. The molecule has 2 heterocycles. The van der Waals surface area contributed by atoms with Crippen LogP contribution in [0.4, 0.5) is 0 Å². The normalized spacial score (nSPS) is 13.1. The van der Waals surface area contributed by atoms with Crippen LogP contribution in [-0.2, 0) is 0 Å². The molecule has 7 nitrogen and oxygen atoms in total. The molecule has 0 aliphatic carbocycles. The molecule has 0 saturated carbocycles. The van der Waals surface area contributed by atoms with E-state index in [0.717, 1.165) is 34.1 Å². The maximum absolute atomic E-state index is 4.43. The van der Waals surface area contributed by atoms with Crippen LogP contribution in [0.25, 0.3) is 6.15 Å². The molecule has 182 valence electrons. The van der Waals surface area contributed by atoms with Crippen LogP contribution in [0.3, 0.4) is 0 Å². The topological polar surface area (TPSA) is 89.4 Å². The van der Waals surface area contributed by atoms with E-state index < -0.39 is 0 Å². The number of allylic oxidation sites excluding steroid dienone is 1. The van der Waals surface area contributed by atoms with Gasteiger partial charge in [-0.1, -0.05) is 88.4 Å². The molecule has 0 unspecified atom stereocenters. The third-order valence-corrected chi connectivity index (χ3v) is 4.30. The van der Waals surface area contributed by atoms with Crippen LogP contribution < -0.4 is 116 Å². The Balaban J connectivity index is -0.000000496. The second kappa shape index (κ2) is 22.7. The fourth-order valence-corrected chi connectivity index (χ4v) is 2.56. The van der Waals surface area contributed by atoms with Crippen molar-refractivity contribution < 1.29 is 116 Å². The first kappa shape index (κ1) is 40.3. The van der Waals surface area contributed by atoms with Crippen LogP contribution in [0.15, 0.2) is 106 Å². The van der Waals surface area contributed by atoms with Gasteiger partial charge in [-0.05, 0) is 18.9 Å². The van der Waals surface area contributed by atoms with Crippen molar-refractivity contribution in [1.29, 1.82) is 0 Å². The minimum atomic E-state index is 0. The third kappa shape index (κ3) is 13.0. The summed E-state index contributed by atoms with van der Waals surface area (Å²) in [5.74, 6) is 1.46. The Morgan fingerprint density at radius 3 is 1.67 bits per heavy atom. The van der Waals surface area contributed by atoms with Crippen LogP contribution >= 0.6 is 0 Å². The molecule has 0 atom stereocenters. The first-order valence-corrected chi connectivity index (χ1v) is 11.1. The van der Waals surface area contributed by atoms with E-state index in [1.54, 1.807) is 10.0 Å². The van der Waals surface area contributed by atoms with Crippen molar-refractivity contribution in [2.75, 3.05) is 14.1 Å². The van der Waals surface area contributed by atoms with Crippen LogP contribution in [0.1, 0.15) is 45.7 Å². The zero-order valence-corrected chi connectivity index (χ0v) is 33.3. The molecule has 0 spiro atoms. The Bertz CT molecular complexity index is 1030. The Hall–Kier alpha value is -0.230. The monoisotopic (exact) mass is 629 g/mol. The van der Waals surface area contributed by atoms with Crippen molar-refractivity contribution in [2.45, 2.75) is 34.6 Å². The quantitative estimate of drug-likeness (QED) is 0.460. The van der Waals surface area contributed by atoms with Gasteiger partial charge in [-0.25, -0.2) is 10.1 Å². The molecule has 4 rings (SSSR count). The number of hydrogen-bond donors (Lipinski definition) is 0. The number of nitrogens with zero attached hydrogens (tertiary/aromatic N) is 6. The molecule has 0 radical (unpaired) electrons. The zero-order chi connectivity index (χ0) is 24.8. The maximum atomic E-state index is 4.43. The summed E-state index contributed by atoms with van der Waals surface area (Å²) >= 11 is 0. The number of aliphatic imine (C=N–C) groups is 2. The molecule has 2 aliphatic rings. The van der Waals surface area contributed by atoms with Crippen LogP contribution in [0, 0.1) is 0 Å². The molecule has 0 bridgehead atoms. The molecular formula is C27H37N7Rb2. The van der Waals surface area contributed by atoms with E-state index in [9.17, 15) is 0 Å². The van der Waals surface area contributed by atoms with E-state index >= 15 is 0 Å². The molecule has 36 heavy (non-hydrogen) atoms. The summed E-state index contributed by atoms with van der Waals surface area (Å²) in [4.78, 5) is 8.36. The largest absolute Gasteiger partial charge is 1.00 e. The molecule has 0 saturated heterocycles. The molecule has 9 heteroatoms. The molecule has 2 aliphatic heterocycles. The second-order valence-corrected chi connectivity index (χ2v) is 6.42. The van der Waals surface area contributed by atoms with Crippen LogP contribution in [0.2, 0.25) is 0 Å². The number of amidine groups is 1. The first-order chi connectivity index (χ1) is 16.0. The zero-order valence-electron chi connectivity index (χ0n) is 23.4. The Kier molecular flexibility index (Phi) is 25.4. The molecule has 0 aromatic heterocycles. The van der Waals surface area contributed by atoms with Gasteiger partial charge in [0.15, 0.2) is 0 Å². The number of nitrogens with two attached hydrogens (primary N) is 1. The smallest absolute Gasteiger partial charge is 0.693 e. The summed E-state index contributed by atoms with van der Waals surface area (Å²) in [6.07, 6.45) is 2.85. The molecule has 0 amide bonds. The van der Waals surface area contributed by atoms with Gasteiger partial charge < -0.3 is 16.2 Å². The predicted molar refractivity (Wildman–Crippen MR) is 148 cm³/mol. The molecule has 0 fully saturated rings. The molecule has 2 aromatic rings. The summed E-state index contributed by atoms with van der Waals surface area (Å²) in [7, 11) is 3.70. The molecular weight excluding hydrogens is 593 g/mol. The van der Waals surface area contributed by atoms with Gasteiger partial charge in [0.2, 0.25) is 0 Å². The summed E-state index contributed by atoms with van der Waals surface area (Å²) in [6, 6.07) is 19.8. The SMILES string of the molecule is C=C1N=C(C)N(C)N=C1c1ccccc1.C=C1N=[C-]C(c2ccccc2)=NN1C.CC.CC.[NH2-].[Rb+].[Rb+]. The van der Waals surface area contributed by atoms with Gasteiger partial charge in [-0.3, -0.25) is 5.01 Å². The van der Waals surface area contributed by atoms with Gasteiger partial charge in [0.25, 0.3) is 0 Å². The van der Waals surface area contributed by atoms with Crippen LogP contribution in [-0.4, -0.2) is 47.6 Å². The van der Waals surface area contributed by atoms with Gasteiger partial charge >= 0.3 is 116 Å². The Morgan fingerprint density at radius 2 is 1.19 bits per heavy atom. The number of rotatable bonds is 2. The maximum Gasteiger partial charge on any atom is 1.00 e. The van der Waals surface area contributed by atoms with E-state index in [0.29, 0.717) is 5.82 Å². The number of hydrogen-bond acceptors (Lipinski definition) is 6. The van der Waals surface area contributed by atoms with Crippen LogP contribution in [0.5, 0.6) is 0 Å². The fourth-order valence-electron chi connectivity index (χ4n) is 2.56. The molecule has 2 N–H and O–H groups in total. The molecule has 2 aromatic carbocycles. The standard InChI is InChI=1S/C12H13N3.C11H10N3.2C2H6.H2N.2Rb/c1-9-12(11-7-5-4-6-8-11)14-15(3)10(2)13-9;1-9-12-8-11(13-14(9)2)10-6-4-3-5-7-10;2*1-2;;;/h4-8H,1H2,2-3H3;3-7H,1H2,2H3;2*1-2H3;1H2;;/q;-1;;;-1;2*+1. The number of hydrazone groups is 2. The average Bonchev–Trinajstić information content (AvgIpc) is 2.87. The third-order valence-electron chi connectivity index (χ3n) is 4.30. The van der Waals surface area contributed by atoms with Gasteiger partial charge in [0.1, 0.15) is 11.5 Å². The van der Waals surface area contributed by atoms with Crippen molar-refractivity contribution in [2.24, 2.45) is 20.2 Å². The van der Waals surface area contributed by atoms with E-state index in [-0.39, 0.29) is 123 Å². The minimum Gasteiger partial charge on any atom is -0.693 e. The van der Waals surface area contributed by atoms with Gasteiger partial charge in [-0.2, -0.15) is 5.10 Å². The second-order valence-electron chi connectivity index (χ2n) is 6.42. The van der Waals surface area contributed by atoms with E-state index in [2.05, 4.69) is 39.6 Å². The van der Waals surface area contributed by atoms with Crippen molar-refractivity contribution >= 4 is 23.5 Å². The summed E-state index contributed by atoms with van der Waals surface area (Å²) < 4.78 is 0. The van der Waals surface area contributed by atoms with E-state index in [1.165, 1.54) is 0 Å². The summed E-state index contributed by atoms with van der Waals surface area (Å²) in [5.41, 5.74) is 4.35. The van der Waals surface area contributed by atoms with Crippen molar-refractivity contribution in [3.63, 3.8) is 0 Å². The number of benzene rings is 2. The van der Waals surface area contributed by atoms with Crippen molar-refractivity contribution in [1.82, 2.24) is 10.0 Å². The Labute approximate surface area is 315 Å². The van der Waals surface area contributed by atoms with Crippen molar-refractivity contribution in [3.8, 4) is 0 Å². The van der Waals surface area contributed by atoms with Gasteiger partial charge in [-0.15, -0.1) is 18.7 Å².